The second kappa shape index (κ2) is 4.41. The van der Waals surface area contributed by atoms with Gasteiger partial charge in [0, 0.05) is 6.42 Å². The molecule has 0 spiro atoms. The second-order valence-corrected chi connectivity index (χ2v) is 3.77. The molecule has 1 N–H and O–H groups in total. The van der Waals surface area contributed by atoms with Crippen molar-refractivity contribution in [1.82, 2.24) is 0 Å². The first-order valence-electron chi connectivity index (χ1n) is 5.16. The Bertz CT molecular complexity index is 420. The van der Waals surface area contributed by atoms with E-state index in [9.17, 15) is 18.3 Å². The molecule has 1 aromatic carbocycles. The van der Waals surface area contributed by atoms with E-state index in [4.69, 9.17) is 4.74 Å². The normalized spacial score (nSPS) is 17.5. The fourth-order valence-electron chi connectivity index (χ4n) is 1.65. The molecular formula is C12H11F3O2. The van der Waals surface area contributed by atoms with E-state index >= 15 is 0 Å². The molecule has 0 amide bonds. The minimum absolute atomic E-state index is 0.395. The number of hydrogen-bond donors (Lipinski definition) is 1. The highest BCUT2D eigenvalue weighted by Gasteiger charge is 2.30. The molecule has 2 nitrogen and oxygen atoms in total. The summed E-state index contributed by atoms with van der Waals surface area (Å²) in [4.78, 5) is 0. The van der Waals surface area contributed by atoms with Crippen LogP contribution in [0.5, 0.6) is 0 Å². The summed E-state index contributed by atoms with van der Waals surface area (Å²) in [6, 6.07) is 4.42. The van der Waals surface area contributed by atoms with Gasteiger partial charge in [-0.3, -0.25) is 0 Å². The molecule has 5 heteroatoms. The second-order valence-electron chi connectivity index (χ2n) is 3.77. The van der Waals surface area contributed by atoms with E-state index in [-0.39, 0.29) is 0 Å². The van der Waals surface area contributed by atoms with Crippen molar-refractivity contribution in [3.8, 4) is 0 Å². The summed E-state index contributed by atoms with van der Waals surface area (Å²) in [5.74, 6) is 0.407. The molecule has 1 atom stereocenters. The first-order chi connectivity index (χ1) is 7.98. The van der Waals surface area contributed by atoms with E-state index in [2.05, 4.69) is 0 Å². The molecule has 0 aliphatic carbocycles. The molecule has 1 unspecified atom stereocenters. The zero-order chi connectivity index (χ0) is 12.5. The van der Waals surface area contributed by atoms with Crippen molar-refractivity contribution in [2.45, 2.75) is 18.7 Å². The highest BCUT2D eigenvalue weighted by atomic mass is 19.4. The van der Waals surface area contributed by atoms with Crippen LogP contribution in [0.2, 0.25) is 0 Å². The minimum atomic E-state index is -4.35. The van der Waals surface area contributed by atoms with Gasteiger partial charge in [-0.2, -0.15) is 13.2 Å². The fourth-order valence-corrected chi connectivity index (χ4v) is 1.65. The van der Waals surface area contributed by atoms with Crippen LogP contribution in [0.15, 0.2) is 36.1 Å². The summed E-state index contributed by atoms with van der Waals surface area (Å²) in [7, 11) is 0. The lowest BCUT2D eigenvalue weighted by Crippen LogP contribution is -2.06. The smallest absolute Gasteiger partial charge is 0.416 e. The molecule has 17 heavy (non-hydrogen) atoms. The molecule has 0 saturated carbocycles. The number of aliphatic hydroxyl groups excluding tert-OH is 1. The topological polar surface area (TPSA) is 29.5 Å². The molecule has 0 radical (unpaired) electrons. The number of rotatable bonds is 2. The fraction of sp³-hybridized carbons (Fsp3) is 0.333. The van der Waals surface area contributed by atoms with E-state index < -0.39 is 17.8 Å². The van der Waals surface area contributed by atoms with E-state index in [1.165, 1.54) is 12.1 Å². The van der Waals surface area contributed by atoms with E-state index in [0.717, 1.165) is 12.1 Å². The van der Waals surface area contributed by atoms with Crippen molar-refractivity contribution in [2.75, 3.05) is 6.61 Å². The van der Waals surface area contributed by atoms with Gasteiger partial charge in [-0.15, -0.1) is 0 Å². The Morgan fingerprint density at radius 2 is 1.82 bits per heavy atom. The van der Waals surface area contributed by atoms with Crippen LogP contribution in [0.4, 0.5) is 13.2 Å². The molecule has 1 aromatic rings. The van der Waals surface area contributed by atoms with Gasteiger partial charge in [0.25, 0.3) is 0 Å². The Morgan fingerprint density at radius 1 is 1.18 bits per heavy atom. The lowest BCUT2D eigenvalue weighted by Gasteiger charge is -2.13. The van der Waals surface area contributed by atoms with Gasteiger partial charge in [0.05, 0.1) is 12.2 Å². The maximum Gasteiger partial charge on any atom is 0.416 e. The minimum Gasteiger partial charge on any atom is -0.495 e. The van der Waals surface area contributed by atoms with Crippen molar-refractivity contribution in [3.63, 3.8) is 0 Å². The Hall–Kier alpha value is -1.49. The average molecular weight is 244 g/mol. The Kier molecular flexibility index (Phi) is 3.11. The van der Waals surface area contributed by atoms with Gasteiger partial charge in [-0.25, -0.2) is 0 Å². The van der Waals surface area contributed by atoms with Gasteiger partial charge in [0.15, 0.2) is 0 Å². The number of alkyl halides is 3. The van der Waals surface area contributed by atoms with E-state index in [1.807, 2.05) is 0 Å². The molecule has 92 valence electrons. The number of ether oxygens (including phenoxy) is 1. The van der Waals surface area contributed by atoms with Crippen LogP contribution < -0.4 is 0 Å². The van der Waals surface area contributed by atoms with Crippen LogP contribution >= 0.6 is 0 Å². The van der Waals surface area contributed by atoms with Gasteiger partial charge in [-0.1, -0.05) is 12.1 Å². The van der Waals surface area contributed by atoms with Crippen molar-refractivity contribution in [3.05, 3.63) is 47.2 Å². The number of aliphatic hydroxyl groups is 1. The summed E-state index contributed by atoms with van der Waals surface area (Å²) in [6.45, 7) is 0.507. The van der Waals surface area contributed by atoms with Gasteiger partial charge < -0.3 is 9.84 Å². The van der Waals surface area contributed by atoms with Crippen molar-refractivity contribution in [1.29, 1.82) is 0 Å². The molecule has 0 bridgehead atoms. The zero-order valence-electron chi connectivity index (χ0n) is 8.87. The number of halogens is 3. The molecule has 2 rings (SSSR count). The lowest BCUT2D eigenvalue weighted by molar-refractivity contribution is -0.137. The lowest BCUT2D eigenvalue weighted by atomic mass is 10.1. The van der Waals surface area contributed by atoms with E-state index in [1.54, 1.807) is 6.08 Å². The van der Waals surface area contributed by atoms with Crippen LogP contribution in [0, 0.1) is 0 Å². The van der Waals surface area contributed by atoms with Crippen molar-refractivity contribution in [2.24, 2.45) is 0 Å². The highest BCUT2D eigenvalue weighted by molar-refractivity contribution is 5.29. The van der Waals surface area contributed by atoms with Crippen LogP contribution in [0.1, 0.15) is 23.7 Å². The quantitative estimate of drug-likeness (QED) is 0.866. The van der Waals surface area contributed by atoms with Crippen molar-refractivity contribution < 1.29 is 23.0 Å². The Labute approximate surface area is 96.3 Å². The molecule has 1 heterocycles. The Morgan fingerprint density at radius 3 is 2.29 bits per heavy atom. The third kappa shape index (κ3) is 2.61. The van der Waals surface area contributed by atoms with Crippen LogP contribution in [0.3, 0.4) is 0 Å². The zero-order valence-corrected chi connectivity index (χ0v) is 8.87. The molecule has 0 fully saturated rings. The van der Waals surface area contributed by atoms with Gasteiger partial charge in [0.1, 0.15) is 11.9 Å². The standard InChI is InChI=1S/C12H11F3O2/c13-12(14,15)9-5-3-8(4-6-9)11(16)10-2-1-7-17-10/h2-6,11,16H,1,7H2. The van der Waals surface area contributed by atoms with Crippen LogP contribution in [0.25, 0.3) is 0 Å². The third-order valence-corrected chi connectivity index (χ3v) is 2.56. The summed E-state index contributed by atoms with van der Waals surface area (Å²) < 4.78 is 42.1. The van der Waals surface area contributed by atoms with Crippen LogP contribution in [-0.4, -0.2) is 11.7 Å². The maximum absolute atomic E-state index is 12.3. The van der Waals surface area contributed by atoms with E-state index in [0.29, 0.717) is 24.4 Å². The van der Waals surface area contributed by atoms with Crippen LogP contribution in [-0.2, 0) is 10.9 Å². The number of benzene rings is 1. The highest BCUT2D eigenvalue weighted by Crippen LogP contribution is 2.31. The maximum atomic E-state index is 12.3. The third-order valence-electron chi connectivity index (χ3n) is 2.56. The summed E-state index contributed by atoms with van der Waals surface area (Å²) >= 11 is 0. The predicted molar refractivity (Wildman–Crippen MR) is 55.1 cm³/mol. The largest absolute Gasteiger partial charge is 0.495 e. The monoisotopic (exact) mass is 244 g/mol. The molecule has 1 aliphatic rings. The Balaban J connectivity index is 2.18. The van der Waals surface area contributed by atoms with Gasteiger partial charge in [-0.05, 0) is 23.8 Å². The molecule has 0 saturated heterocycles. The summed E-state index contributed by atoms with van der Waals surface area (Å²) in [6.07, 6.45) is -2.89. The average Bonchev–Trinajstić information content (AvgIpc) is 2.80. The van der Waals surface area contributed by atoms with Gasteiger partial charge >= 0.3 is 6.18 Å². The summed E-state index contributed by atoms with van der Waals surface area (Å²) in [5.41, 5.74) is -0.332. The first-order valence-corrected chi connectivity index (χ1v) is 5.16. The van der Waals surface area contributed by atoms with Gasteiger partial charge in [0.2, 0.25) is 0 Å². The molecule has 0 aromatic heterocycles. The van der Waals surface area contributed by atoms with Crippen molar-refractivity contribution >= 4 is 0 Å². The first kappa shape index (κ1) is 12.0. The number of hydrogen-bond acceptors (Lipinski definition) is 2. The SMILES string of the molecule is OC(C1=CCCO1)c1ccc(C(F)(F)F)cc1. The predicted octanol–water partition coefficient (Wildman–Crippen LogP) is 3.04. The molecule has 1 aliphatic heterocycles. The summed E-state index contributed by atoms with van der Waals surface area (Å²) in [5, 5.41) is 9.84. The molecular weight excluding hydrogens is 233 g/mol.